The first-order valence-corrected chi connectivity index (χ1v) is 5.49. The zero-order chi connectivity index (χ0) is 9.97. The van der Waals surface area contributed by atoms with E-state index in [9.17, 15) is 0 Å². The zero-order valence-corrected chi connectivity index (χ0v) is 8.82. The van der Waals surface area contributed by atoms with Gasteiger partial charge in [-0.05, 0) is 30.7 Å². The molecular formula is C11H19N3. The van der Waals surface area contributed by atoms with Gasteiger partial charge in [-0.3, -0.25) is 4.68 Å². The molecule has 0 aliphatic heterocycles. The highest BCUT2D eigenvalue weighted by Gasteiger charge is 2.22. The van der Waals surface area contributed by atoms with E-state index in [0.717, 1.165) is 12.3 Å². The van der Waals surface area contributed by atoms with Crippen LogP contribution in [0.15, 0.2) is 12.4 Å². The van der Waals surface area contributed by atoms with Gasteiger partial charge in [-0.25, -0.2) is 0 Å². The molecular weight excluding hydrogens is 174 g/mol. The molecule has 0 bridgehead atoms. The summed E-state index contributed by atoms with van der Waals surface area (Å²) in [5, 5.41) is 4.16. The Kier molecular flexibility index (Phi) is 2.87. The molecule has 0 aromatic carbocycles. The van der Waals surface area contributed by atoms with Crippen LogP contribution in [0.4, 0.5) is 0 Å². The van der Waals surface area contributed by atoms with Gasteiger partial charge < -0.3 is 5.73 Å². The van der Waals surface area contributed by atoms with Crippen molar-refractivity contribution in [3.8, 4) is 0 Å². The van der Waals surface area contributed by atoms with Crippen LogP contribution in [0, 0.1) is 5.92 Å². The van der Waals surface area contributed by atoms with Crippen LogP contribution in [-0.4, -0.2) is 15.8 Å². The van der Waals surface area contributed by atoms with Gasteiger partial charge in [-0.2, -0.15) is 5.10 Å². The molecule has 14 heavy (non-hydrogen) atoms. The number of nitrogens with zero attached hydrogens (tertiary/aromatic N) is 2. The monoisotopic (exact) mass is 193 g/mol. The van der Waals surface area contributed by atoms with E-state index in [1.165, 1.54) is 31.2 Å². The van der Waals surface area contributed by atoms with Crippen LogP contribution < -0.4 is 5.73 Å². The minimum atomic E-state index is 0.335. The molecule has 2 N–H and O–H groups in total. The molecule has 1 atom stereocenters. The van der Waals surface area contributed by atoms with Crippen LogP contribution in [0.2, 0.25) is 0 Å². The summed E-state index contributed by atoms with van der Waals surface area (Å²) in [6.45, 7) is 0. The van der Waals surface area contributed by atoms with E-state index in [1.54, 1.807) is 0 Å². The van der Waals surface area contributed by atoms with Gasteiger partial charge >= 0.3 is 0 Å². The number of hydrogen-bond acceptors (Lipinski definition) is 2. The summed E-state index contributed by atoms with van der Waals surface area (Å²) in [6.07, 6.45) is 10.3. The third kappa shape index (κ3) is 2.15. The maximum Gasteiger partial charge on any atom is 0.0522 e. The van der Waals surface area contributed by atoms with Crippen LogP contribution >= 0.6 is 0 Å². The quantitative estimate of drug-likeness (QED) is 0.790. The SMILES string of the molecule is Cn1cc(CC(N)C2CCCC2)cn1. The van der Waals surface area contributed by atoms with Crippen molar-refractivity contribution < 1.29 is 0 Å². The highest BCUT2D eigenvalue weighted by molar-refractivity contribution is 5.06. The molecule has 0 saturated heterocycles. The first-order valence-electron chi connectivity index (χ1n) is 5.49. The summed E-state index contributed by atoms with van der Waals surface area (Å²) in [4.78, 5) is 0. The second kappa shape index (κ2) is 4.13. The normalized spacial score (nSPS) is 20.1. The van der Waals surface area contributed by atoms with E-state index in [0.29, 0.717) is 6.04 Å². The van der Waals surface area contributed by atoms with Gasteiger partial charge in [0.05, 0.1) is 6.20 Å². The second-order valence-corrected chi connectivity index (χ2v) is 4.43. The Labute approximate surface area is 85.3 Å². The Hall–Kier alpha value is -0.830. The van der Waals surface area contributed by atoms with Gasteiger partial charge in [0.1, 0.15) is 0 Å². The molecule has 1 heterocycles. The fourth-order valence-corrected chi connectivity index (χ4v) is 2.40. The van der Waals surface area contributed by atoms with Gasteiger partial charge in [0, 0.05) is 19.3 Å². The molecule has 0 spiro atoms. The van der Waals surface area contributed by atoms with E-state index in [1.807, 2.05) is 17.9 Å². The predicted octanol–water partition coefficient (Wildman–Crippen LogP) is 1.48. The Morgan fingerprint density at radius 1 is 1.57 bits per heavy atom. The topological polar surface area (TPSA) is 43.8 Å². The lowest BCUT2D eigenvalue weighted by atomic mass is 9.94. The molecule has 1 unspecified atom stereocenters. The van der Waals surface area contributed by atoms with Crippen molar-refractivity contribution in [2.24, 2.45) is 18.7 Å². The third-order valence-electron chi connectivity index (χ3n) is 3.24. The summed E-state index contributed by atoms with van der Waals surface area (Å²) < 4.78 is 1.84. The maximum atomic E-state index is 6.18. The summed E-state index contributed by atoms with van der Waals surface area (Å²) in [5.41, 5.74) is 7.45. The Bertz CT molecular complexity index is 286. The average Bonchev–Trinajstić information content (AvgIpc) is 2.75. The average molecular weight is 193 g/mol. The Balaban J connectivity index is 1.90. The van der Waals surface area contributed by atoms with Crippen molar-refractivity contribution >= 4 is 0 Å². The third-order valence-corrected chi connectivity index (χ3v) is 3.24. The molecule has 3 nitrogen and oxygen atoms in total. The summed E-state index contributed by atoms with van der Waals surface area (Å²) in [7, 11) is 1.95. The highest BCUT2D eigenvalue weighted by Crippen LogP contribution is 2.28. The van der Waals surface area contributed by atoms with Gasteiger partial charge in [0.15, 0.2) is 0 Å². The van der Waals surface area contributed by atoms with E-state index in [-0.39, 0.29) is 0 Å². The van der Waals surface area contributed by atoms with Gasteiger partial charge in [-0.15, -0.1) is 0 Å². The van der Waals surface area contributed by atoms with Crippen molar-refractivity contribution in [3.63, 3.8) is 0 Å². The fourth-order valence-electron chi connectivity index (χ4n) is 2.40. The minimum absolute atomic E-state index is 0.335. The number of hydrogen-bond donors (Lipinski definition) is 1. The van der Waals surface area contributed by atoms with E-state index >= 15 is 0 Å². The molecule has 0 amide bonds. The van der Waals surface area contributed by atoms with E-state index in [4.69, 9.17) is 5.73 Å². The van der Waals surface area contributed by atoms with Crippen LogP contribution in [-0.2, 0) is 13.5 Å². The summed E-state index contributed by atoms with van der Waals surface area (Å²) in [6, 6.07) is 0.335. The summed E-state index contributed by atoms with van der Waals surface area (Å²) in [5.74, 6) is 0.746. The van der Waals surface area contributed by atoms with Gasteiger partial charge in [0.25, 0.3) is 0 Å². The Morgan fingerprint density at radius 2 is 2.29 bits per heavy atom. The molecule has 1 fully saturated rings. The van der Waals surface area contributed by atoms with Crippen molar-refractivity contribution in [1.82, 2.24) is 9.78 Å². The number of aryl methyl sites for hydroxylation is 1. The molecule has 1 aliphatic rings. The first kappa shape index (κ1) is 9.71. The van der Waals surface area contributed by atoms with Crippen LogP contribution in [0.5, 0.6) is 0 Å². The van der Waals surface area contributed by atoms with E-state index < -0.39 is 0 Å². The highest BCUT2D eigenvalue weighted by atomic mass is 15.2. The molecule has 1 saturated carbocycles. The molecule has 3 heteroatoms. The second-order valence-electron chi connectivity index (χ2n) is 4.43. The molecule has 1 aromatic rings. The maximum absolute atomic E-state index is 6.18. The van der Waals surface area contributed by atoms with Crippen molar-refractivity contribution in [3.05, 3.63) is 18.0 Å². The fraction of sp³-hybridized carbons (Fsp3) is 0.727. The lowest BCUT2D eigenvalue weighted by Gasteiger charge is -2.17. The molecule has 1 aromatic heterocycles. The van der Waals surface area contributed by atoms with E-state index in [2.05, 4.69) is 11.3 Å². The van der Waals surface area contributed by atoms with Crippen molar-refractivity contribution in [1.29, 1.82) is 0 Å². The number of nitrogens with two attached hydrogens (primary N) is 1. The predicted molar refractivity (Wildman–Crippen MR) is 56.8 cm³/mol. The molecule has 2 rings (SSSR count). The van der Waals surface area contributed by atoms with Crippen LogP contribution in [0.25, 0.3) is 0 Å². The summed E-state index contributed by atoms with van der Waals surface area (Å²) >= 11 is 0. The minimum Gasteiger partial charge on any atom is -0.327 e. The smallest absolute Gasteiger partial charge is 0.0522 e. The lowest BCUT2D eigenvalue weighted by Crippen LogP contribution is -2.30. The van der Waals surface area contributed by atoms with Gasteiger partial charge in [0.2, 0.25) is 0 Å². The molecule has 1 aliphatic carbocycles. The van der Waals surface area contributed by atoms with Crippen molar-refractivity contribution in [2.75, 3.05) is 0 Å². The largest absolute Gasteiger partial charge is 0.327 e. The first-order chi connectivity index (χ1) is 6.75. The number of aromatic nitrogens is 2. The van der Waals surface area contributed by atoms with Gasteiger partial charge in [-0.1, -0.05) is 12.8 Å². The standard InChI is InChI=1S/C11H19N3/c1-14-8-9(7-13-14)6-11(12)10-4-2-3-5-10/h7-8,10-11H,2-6,12H2,1H3. The molecule has 78 valence electrons. The van der Waals surface area contributed by atoms with Crippen LogP contribution in [0.1, 0.15) is 31.2 Å². The molecule has 0 radical (unpaired) electrons. The van der Waals surface area contributed by atoms with Crippen molar-refractivity contribution in [2.45, 2.75) is 38.1 Å². The Morgan fingerprint density at radius 3 is 2.86 bits per heavy atom. The number of rotatable bonds is 3. The zero-order valence-electron chi connectivity index (χ0n) is 8.82. The van der Waals surface area contributed by atoms with Crippen LogP contribution in [0.3, 0.4) is 0 Å². The lowest BCUT2D eigenvalue weighted by molar-refractivity contribution is 0.429.